The van der Waals surface area contributed by atoms with Crippen LogP contribution in [0.25, 0.3) is 0 Å². The summed E-state index contributed by atoms with van der Waals surface area (Å²) in [6.45, 7) is 4.85. The minimum atomic E-state index is -0.276. The maximum atomic E-state index is 13.2. The average molecular weight is 271 g/mol. The molecule has 0 bridgehead atoms. The van der Waals surface area contributed by atoms with Gasteiger partial charge in [0, 0.05) is 18.7 Å². The quantitative estimate of drug-likeness (QED) is 0.828. The normalized spacial score (nSPS) is 10.3. The van der Waals surface area contributed by atoms with Gasteiger partial charge in [0.05, 0.1) is 0 Å². The summed E-state index contributed by atoms with van der Waals surface area (Å²) in [5.74, 6) is -0.295. The lowest BCUT2D eigenvalue weighted by molar-refractivity contribution is 0.0751. The topological polar surface area (TPSA) is 20.3 Å². The SMILES string of the molecule is CCN(Cc1cccc(F)c1)C(=O)c1ccccc1C. The van der Waals surface area contributed by atoms with Gasteiger partial charge in [0.15, 0.2) is 0 Å². The molecular weight excluding hydrogens is 253 g/mol. The van der Waals surface area contributed by atoms with Crippen LogP contribution in [-0.4, -0.2) is 17.4 Å². The Morgan fingerprint density at radius 2 is 1.90 bits per heavy atom. The standard InChI is InChI=1S/C17H18FNO/c1-3-19(12-14-8-6-9-15(18)11-14)17(20)16-10-5-4-7-13(16)2/h4-11H,3,12H2,1-2H3. The molecule has 0 N–H and O–H groups in total. The van der Waals surface area contributed by atoms with E-state index in [1.165, 1.54) is 12.1 Å². The summed E-state index contributed by atoms with van der Waals surface area (Å²) in [6, 6.07) is 13.9. The van der Waals surface area contributed by atoms with E-state index in [0.717, 1.165) is 11.1 Å². The van der Waals surface area contributed by atoms with Crippen LogP contribution in [0.5, 0.6) is 0 Å². The van der Waals surface area contributed by atoms with Crippen molar-refractivity contribution in [1.29, 1.82) is 0 Å². The number of aryl methyl sites for hydroxylation is 1. The Morgan fingerprint density at radius 1 is 1.15 bits per heavy atom. The largest absolute Gasteiger partial charge is 0.335 e. The van der Waals surface area contributed by atoms with Crippen molar-refractivity contribution in [3.8, 4) is 0 Å². The first kappa shape index (κ1) is 14.3. The Hall–Kier alpha value is -2.16. The maximum Gasteiger partial charge on any atom is 0.254 e. The Bertz CT molecular complexity index is 609. The molecule has 0 radical (unpaired) electrons. The molecule has 0 aliphatic rings. The van der Waals surface area contributed by atoms with Crippen LogP contribution in [-0.2, 0) is 6.54 Å². The Balaban J connectivity index is 2.20. The smallest absolute Gasteiger partial charge is 0.254 e. The Labute approximate surface area is 118 Å². The summed E-state index contributed by atoms with van der Waals surface area (Å²) in [5, 5.41) is 0. The summed E-state index contributed by atoms with van der Waals surface area (Å²) in [5.41, 5.74) is 2.45. The number of carbonyl (C=O) groups excluding carboxylic acids is 1. The van der Waals surface area contributed by atoms with Gasteiger partial charge in [0.25, 0.3) is 5.91 Å². The van der Waals surface area contributed by atoms with E-state index in [-0.39, 0.29) is 11.7 Å². The number of amides is 1. The second-order valence-electron chi connectivity index (χ2n) is 4.76. The van der Waals surface area contributed by atoms with Crippen molar-refractivity contribution in [2.24, 2.45) is 0 Å². The fourth-order valence-electron chi connectivity index (χ4n) is 2.17. The van der Waals surface area contributed by atoms with Crippen molar-refractivity contribution in [1.82, 2.24) is 4.90 Å². The van der Waals surface area contributed by atoms with E-state index in [1.54, 1.807) is 11.0 Å². The number of halogens is 1. The van der Waals surface area contributed by atoms with Crippen LogP contribution < -0.4 is 0 Å². The first-order valence-electron chi connectivity index (χ1n) is 6.71. The summed E-state index contributed by atoms with van der Waals surface area (Å²) in [4.78, 5) is 14.2. The first-order chi connectivity index (χ1) is 9.61. The molecule has 0 aliphatic carbocycles. The molecule has 0 aromatic heterocycles. The summed E-state index contributed by atoms with van der Waals surface area (Å²) in [7, 11) is 0. The van der Waals surface area contributed by atoms with Crippen LogP contribution in [0.3, 0.4) is 0 Å². The predicted octanol–water partition coefficient (Wildman–Crippen LogP) is 3.80. The van der Waals surface area contributed by atoms with Crippen molar-refractivity contribution in [2.45, 2.75) is 20.4 Å². The number of benzene rings is 2. The van der Waals surface area contributed by atoms with Crippen molar-refractivity contribution >= 4 is 5.91 Å². The monoisotopic (exact) mass is 271 g/mol. The van der Waals surface area contributed by atoms with Crippen molar-refractivity contribution in [3.05, 3.63) is 71.0 Å². The van der Waals surface area contributed by atoms with Crippen LogP contribution in [0, 0.1) is 12.7 Å². The van der Waals surface area contributed by atoms with Gasteiger partial charge in [-0.1, -0.05) is 30.3 Å². The molecule has 2 rings (SSSR count). The second kappa shape index (κ2) is 6.33. The number of rotatable bonds is 4. The van der Waals surface area contributed by atoms with Gasteiger partial charge in [-0.15, -0.1) is 0 Å². The molecule has 0 heterocycles. The molecule has 0 unspecified atom stereocenters. The highest BCUT2D eigenvalue weighted by molar-refractivity contribution is 5.95. The van der Waals surface area contributed by atoms with Crippen LogP contribution >= 0.6 is 0 Å². The number of hydrogen-bond acceptors (Lipinski definition) is 1. The van der Waals surface area contributed by atoms with Gasteiger partial charge >= 0.3 is 0 Å². The lowest BCUT2D eigenvalue weighted by atomic mass is 10.1. The van der Waals surface area contributed by atoms with Crippen molar-refractivity contribution in [3.63, 3.8) is 0 Å². The number of nitrogens with zero attached hydrogens (tertiary/aromatic N) is 1. The van der Waals surface area contributed by atoms with E-state index in [0.29, 0.717) is 18.7 Å². The summed E-state index contributed by atoms with van der Waals surface area (Å²) in [6.07, 6.45) is 0. The van der Waals surface area contributed by atoms with Gasteiger partial charge in [-0.25, -0.2) is 4.39 Å². The van der Waals surface area contributed by atoms with E-state index in [1.807, 2.05) is 44.2 Å². The van der Waals surface area contributed by atoms with E-state index in [4.69, 9.17) is 0 Å². The molecule has 2 aromatic rings. The maximum absolute atomic E-state index is 13.2. The molecule has 0 aliphatic heterocycles. The molecule has 0 spiro atoms. The molecule has 0 atom stereocenters. The molecule has 3 heteroatoms. The van der Waals surface area contributed by atoms with E-state index in [9.17, 15) is 9.18 Å². The third kappa shape index (κ3) is 3.23. The highest BCUT2D eigenvalue weighted by Gasteiger charge is 2.16. The zero-order valence-corrected chi connectivity index (χ0v) is 11.8. The van der Waals surface area contributed by atoms with Gasteiger partial charge in [-0.05, 0) is 43.2 Å². The first-order valence-corrected chi connectivity index (χ1v) is 6.71. The Morgan fingerprint density at radius 3 is 2.55 bits per heavy atom. The number of carbonyl (C=O) groups is 1. The van der Waals surface area contributed by atoms with Gasteiger partial charge in [-0.3, -0.25) is 4.79 Å². The van der Waals surface area contributed by atoms with Crippen LogP contribution in [0.15, 0.2) is 48.5 Å². The third-order valence-electron chi connectivity index (χ3n) is 3.31. The molecule has 2 nitrogen and oxygen atoms in total. The van der Waals surface area contributed by atoms with Crippen molar-refractivity contribution in [2.75, 3.05) is 6.54 Å². The second-order valence-corrected chi connectivity index (χ2v) is 4.76. The molecule has 0 saturated heterocycles. The fourth-order valence-corrected chi connectivity index (χ4v) is 2.17. The molecule has 0 saturated carbocycles. The van der Waals surface area contributed by atoms with E-state index >= 15 is 0 Å². The van der Waals surface area contributed by atoms with Gasteiger partial charge < -0.3 is 4.90 Å². The lowest BCUT2D eigenvalue weighted by Gasteiger charge is -2.22. The molecule has 20 heavy (non-hydrogen) atoms. The van der Waals surface area contributed by atoms with Gasteiger partial charge in [0.1, 0.15) is 5.82 Å². The van der Waals surface area contributed by atoms with Gasteiger partial charge in [-0.2, -0.15) is 0 Å². The molecule has 0 fully saturated rings. The minimum Gasteiger partial charge on any atom is -0.335 e. The highest BCUT2D eigenvalue weighted by atomic mass is 19.1. The zero-order valence-electron chi connectivity index (χ0n) is 11.8. The molecule has 2 aromatic carbocycles. The Kier molecular flexibility index (Phi) is 4.51. The lowest BCUT2D eigenvalue weighted by Crippen LogP contribution is -2.30. The number of hydrogen-bond donors (Lipinski definition) is 0. The third-order valence-corrected chi connectivity index (χ3v) is 3.31. The molecule has 1 amide bonds. The van der Waals surface area contributed by atoms with Crippen LogP contribution in [0.1, 0.15) is 28.4 Å². The fraction of sp³-hybridized carbons (Fsp3) is 0.235. The summed E-state index contributed by atoms with van der Waals surface area (Å²) >= 11 is 0. The van der Waals surface area contributed by atoms with Crippen LogP contribution in [0.4, 0.5) is 4.39 Å². The van der Waals surface area contributed by atoms with Gasteiger partial charge in [0.2, 0.25) is 0 Å². The van der Waals surface area contributed by atoms with Crippen LogP contribution in [0.2, 0.25) is 0 Å². The van der Waals surface area contributed by atoms with E-state index in [2.05, 4.69) is 0 Å². The average Bonchev–Trinajstić information content (AvgIpc) is 2.44. The molecule has 104 valence electrons. The highest BCUT2D eigenvalue weighted by Crippen LogP contribution is 2.14. The summed E-state index contributed by atoms with van der Waals surface area (Å²) < 4.78 is 13.2. The van der Waals surface area contributed by atoms with Crippen molar-refractivity contribution < 1.29 is 9.18 Å². The van der Waals surface area contributed by atoms with E-state index < -0.39 is 0 Å². The minimum absolute atomic E-state index is 0.0186. The predicted molar refractivity (Wildman–Crippen MR) is 78.0 cm³/mol. The zero-order chi connectivity index (χ0) is 14.5. The molecular formula is C17H18FNO.